The first-order chi connectivity index (χ1) is 12.3. The van der Waals surface area contributed by atoms with Crippen LogP contribution < -0.4 is 14.8 Å². The number of ether oxygens (including phenoxy) is 3. The molecule has 1 atom stereocenters. The van der Waals surface area contributed by atoms with Gasteiger partial charge in [0.1, 0.15) is 5.76 Å². The Bertz CT molecular complexity index is 805. The third-order valence-electron chi connectivity index (χ3n) is 3.29. The van der Waals surface area contributed by atoms with Gasteiger partial charge in [-0.2, -0.15) is 0 Å². The Labute approximate surface area is 158 Å². The molecule has 0 saturated heterocycles. The van der Waals surface area contributed by atoms with Gasteiger partial charge >= 0.3 is 5.97 Å². The molecule has 2 aromatic rings. The summed E-state index contributed by atoms with van der Waals surface area (Å²) >= 11 is 3.34. The number of halogens is 1. The second kappa shape index (κ2) is 8.70. The van der Waals surface area contributed by atoms with E-state index < -0.39 is 18.0 Å². The molecule has 0 spiro atoms. The number of aryl methyl sites for hydroxylation is 1. The number of rotatable bonds is 7. The number of methoxy groups -OCH3 is 1. The molecule has 9 heteroatoms. The average molecular weight is 427 g/mol. The van der Waals surface area contributed by atoms with E-state index in [2.05, 4.69) is 26.4 Å². The van der Waals surface area contributed by atoms with E-state index in [1.165, 1.54) is 20.1 Å². The van der Waals surface area contributed by atoms with E-state index in [0.29, 0.717) is 28.3 Å². The molecule has 2 rings (SSSR count). The van der Waals surface area contributed by atoms with Crippen LogP contribution in [0.5, 0.6) is 11.5 Å². The summed E-state index contributed by atoms with van der Waals surface area (Å²) in [5.74, 6) is 0.467. The molecule has 1 amide bonds. The highest BCUT2D eigenvalue weighted by Gasteiger charge is 2.22. The second-order valence-electron chi connectivity index (χ2n) is 5.28. The van der Waals surface area contributed by atoms with Gasteiger partial charge in [-0.15, -0.1) is 0 Å². The smallest absolute Gasteiger partial charge is 0.339 e. The van der Waals surface area contributed by atoms with Crippen LogP contribution in [0.25, 0.3) is 0 Å². The standard InChI is InChI=1S/C17H19BrN2O6/c1-5-24-15-12(18)7-11(8-13(15)23-4)17(22)25-10(3)16(21)19-14-6-9(2)26-20-14/h6-8,10H,5H2,1-4H3,(H,19,20,21). The number of amides is 1. The molecule has 26 heavy (non-hydrogen) atoms. The number of nitrogens with one attached hydrogen (secondary N) is 1. The average Bonchev–Trinajstić information content (AvgIpc) is 3.01. The molecule has 0 saturated carbocycles. The Morgan fingerprint density at radius 1 is 1.35 bits per heavy atom. The Kier molecular flexibility index (Phi) is 6.62. The van der Waals surface area contributed by atoms with Crippen LogP contribution in [0.1, 0.15) is 30.0 Å². The SMILES string of the molecule is CCOc1c(Br)cc(C(=O)OC(C)C(=O)Nc2cc(C)on2)cc1OC. The van der Waals surface area contributed by atoms with Crippen molar-refractivity contribution in [3.63, 3.8) is 0 Å². The van der Waals surface area contributed by atoms with Crippen molar-refractivity contribution in [1.82, 2.24) is 5.16 Å². The second-order valence-corrected chi connectivity index (χ2v) is 6.14. The van der Waals surface area contributed by atoms with Crippen molar-refractivity contribution in [2.24, 2.45) is 0 Å². The molecule has 1 unspecified atom stereocenters. The lowest BCUT2D eigenvalue weighted by atomic mass is 10.2. The number of anilines is 1. The van der Waals surface area contributed by atoms with E-state index in [-0.39, 0.29) is 11.4 Å². The highest BCUT2D eigenvalue weighted by Crippen LogP contribution is 2.36. The molecular formula is C17H19BrN2O6. The van der Waals surface area contributed by atoms with Crippen LogP contribution >= 0.6 is 15.9 Å². The van der Waals surface area contributed by atoms with Crippen LogP contribution in [0.15, 0.2) is 27.2 Å². The van der Waals surface area contributed by atoms with E-state index in [9.17, 15) is 9.59 Å². The van der Waals surface area contributed by atoms with Gasteiger partial charge in [0.15, 0.2) is 23.4 Å². The molecule has 0 bridgehead atoms. The number of hydrogen-bond donors (Lipinski definition) is 1. The summed E-state index contributed by atoms with van der Waals surface area (Å²) < 4.78 is 21.3. The molecule has 0 radical (unpaired) electrons. The van der Waals surface area contributed by atoms with E-state index in [1.807, 2.05) is 6.92 Å². The van der Waals surface area contributed by atoms with Gasteiger partial charge in [-0.3, -0.25) is 4.79 Å². The molecule has 1 N–H and O–H groups in total. The van der Waals surface area contributed by atoms with E-state index >= 15 is 0 Å². The van der Waals surface area contributed by atoms with Crippen molar-refractivity contribution in [2.75, 3.05) is 19.0 Å². The minimum atomic E-state index is -1.03. The van der Waals surface area contributed by atoms with E-state index in [4.69, 9.17) is 18.7 Å². The molecule has 1 heterocycles. The van der Waals surface area contributed by atoms with Crippen LogP contribution in [-0.2, 0) is 9.53 Å². The number of benzene rings is 1. The van der Waals surface area contributed by atoms with Gasteiger partial charge in [0.2, 0.25) is 0 Å². The maximum Gasteiger partial charge on any atom is 0.339 e. The topological polar surface area (TPSA) is 99.9 Å². The van der Waals surface area contributed by atoms with Gasteiger partial charge < -0.3 is 24.1 Å². The predicted molar refractivity (Wildman–Crippen MR) is 96.6 cm³/mol. The van der Waals surface area contributed by atoms with Crippen molar-refractivity contribution >= 4 is 33.6 Å². The minimum absolute atomic E-state index is 0.217. The zero-order chi connectivity index (χ0) is 19.3. The lowest BCUT2D eigenvalue weighted by Crippen LogP contribution is -2.30. The lowest BCUT2D eigenvalue weighted by molar-refractivity contribution is -0.123. The third kappa shape index (κ3) is 4.75. The fourth-order valence-corrected chi connectivity index (χ4v) is 2.61. The quantitative estimate of drug-likeness (QED) is 0.677. The summed E-state index contributed by atoms with van der Waals surface area (Å²) in [5.41, 5.74) is 0.217. The Morgan fingerprint density at radius 3 is 2.65 bits per heavy atom. The summed E-state index contributed by atoms with van der Waals surface area (Å²) in [6, 6.07) is 4.59. The van der Waals surface area contributed by atoms with Gasteiger partial charge in [-0.25, -0.2) is 4.79 Å². The first-order valence-corrected chi connectivity index (χ1v) is 8.60. The first-order valence-electron chi connectivity index (χ1n) is 7.81. The van der Waals surface area contributed by atoms with Crippen LogP contribution in [0, 0.1) is 6.92 Å². The normalized spacial score (nSPS) is 11.6. The zero-order valence-electron chi connectivity index (χ0n) is 14.8. The van der Waals surface area contributed by atoms with Crippen molar-refractivity contribution in [2.45, 2.75) is 26.9 Å². The Morgan fingerprint density at radius 2 is 2.08 bits per heavy atom. The zero-order valence-corrected chi connectivity index (χ0v) is 16.4. The van der Waals surface area contributed by atoms with Gasteiger partial charge in [-0.1, -0.05) is 5.16 Å². The molecular weight excluding hydrogens is 408 g/mol. The number of carbonyl (C=O) groups excluding carboxylic acids is 2. The van der Waals surface area contributed by atoms with Crippen molar-refractivity contribution in [3.8, 4) is 11.5 Å². The Hall–Kier alpha value is -2.55. The number of aromatic nitrogens is 1. The van der Waals surface area contributed by atoms with Crippen molar-refractivity contribution < 1.29 is 28.3 Å². The summed E-state index contributed by atoms with van der Waals surface area (Å²) in [6.07, 6.45) is -1.03. The summed E-state index contributed by atoms with van der Waals surface area (Å²) in [6.45, 7) is 5.44. The number of nitrogens with zero attached hydrogens (tertiary/aromatic N) is 1. The number of carbonyl (C=O) groups is 2. The maximum atomic E-state index is 12.4. The highest BCUT2D eigenvalue weighted by molar-refractivity contribution is 9.10. The first kappa shape index (κ1) is 19.8. The monoisotopic (exact) mass is 426 g/mol. The molecule has 8 nitrogen and oxygen atoms in total. The van der Waals surface area contributed by atoms with Gasteiger partial charge in [0, 0.05) is 6.07 Å². The van der Waals surface area contributed by atoms with Crippen LogP contribution in [0.4, 0.5) is 5.82 Å². The summed E-state index contributed by atoms with van der Waals surface area (Å²) in [4.78, 5) is 24.4. The van der Waals surface area contributed by atoms with Gasteiger partial charge in [0.25, 0.3) is 5.91 Å². The molecule has 1 aromatic carbocycles. The molecule has 0 aliphatic heterocycles. The lowest BCUT2D eigenvalue weighted by Gasteiger charge is -2.15. The number of hydrogen-bond acceptors (Lipinski definition) is 7. The molecule has 0 fully saturated rings. The summed E-state index contributed by atoms with van der Waals surface area (Å²) in [5, 5.41) is 6.16. The van der Waals surface area contributed by atoms with Crippen LogP contribution in [0.2, 0.25) is 0 Å². The molecule has 140 valence electrons. The van der Waals surface area contributed by atoms with Crippen LogP contribution in [0.3, 0.4) is 0 Å². The Balaban J connectivity index is 2.08. The summed E-state index contributed by atoms with van der Waals surface area (Å²) in [7, 11) is 1.47. The van der Waals surface area contributed by atoms with Crippen molar-refractivity contribution in [1.29, 1.82) is 0 Å². The fourth-order valence-electron chi connectivity index (χ4n) is 2.06. The van der Waals surface area contributed by atoms with Gasteiger partial charge in [-0.05, 0) is 48.8 Å². The van der Waals surface area contributed by atoms with Crippen molar-refractivity contribution in [3.05, 3.63) is 34.0 Å². The van der Waals surface area contributed by atoms with Gasteiger partial charge in [0.05, 0.1) is 23.8 Å². The molecule has 0 aliphatic carbocycles. The van der Waals surface area contributed by atoms with Crippen LogP contribution in [-0.4, -0.2) is 36.9 Å². The maximum absolute atomic E-state index is 12.4. The molecule has 0 aliphatic rings. The largest absolute Gasteiger partial charge is 0.493 e. The fraction of sp³-hybridized carbons (Fsp3) is 0.353. The third-order valence-corrected chi connectivity index (χ3v) is 3.88. The molecule has 1 aromatic heterocycles. The number of esters is 1. The van der Waals surface area contributed by atoms with E-state index in [1.54, 1.807) is 19.1 Å². The predicted octanol–water partition coefficient (Wildman–Crippen LogP) is 3.34. The minimum Gasteiger partial charge on any atom is -0.493 e. The van der Waals surface area contributed by atoms with E-state index in [0.717, 1.165) is 0 Å². The highest BCUT2D eigenvalue weighted by atomic mass is 79.9.